The Morgan fingerprint density at radius 2 is 2.03 bits per heavy atom. The van der Waals surface area contributed by atoms with E-state index in [-0.39, 0.29) is 18.2 Å². The maximum atomic E-state index is 12.6. The molecule has 1 aliphatic rings. The second kappa shape index (κ2) is 10.8. The number of H-pyrrole nitrogens is 1. The number of nitrogens with zero attached hydrogens (tertiary/aromatic N) is 1. The Balaban J connectivity index is 1.31. The molecule has 0 saturated carbocycles. The van der Waals surface area contributed by atoms with Crippen molar-refractivity contribution in [1.29, 1.82) is 0 Å². The number of methoxy groups -OCH3 is 1. The van der Waals surface area contributed by atoms with Gasteiger partial charge < -0.3 is 20.4 Å². The monoisotopic (exact) mass is 446 g/mol. The van der Waals surface area contributed by atoms with Crippen LogP contribution in [0.15, 0.2) is 60.8 Å². The van der Waals surface area contributed by atoms with Crippen LogP contribution in [0.25, 0.3) is 17.0 Å². The van der Waals surface area contributed by atoms with Crippen LogP contribution in [-0.4, -0.2) is 61.0 Å². The molecule has 1 saturated heterocycles. The van der Waals surface area contributed by atoms with Gasteiger partial charge in [-0.15, -0.1) is 0 Å². The van der Waals surface area contributed by atoms with Gasteiger partial charge in [0.25, 0.3) is 0 Å². The molecule has 1 aliphatic heterocycles. The van der Waals surface area contributed by atoms with Crippen LogP contribution in [0.4, 0.5) is 0 Å². The highest BCUT2D eigenvalue weighted by molar-refractivity contribution is 5.89. The maximum Gasteiger partial charge on any atom is 0.237 e. The number of rotatable bonds is 9. The zero-order valence-corrected chi connectivity index (χ0v) is 18.8. The molecule has 1 atom stereocenters. The van der Waals surface area contributed by atoms with Crippen molar-refractivity contribution in [3.63, 3.8) is 0 Å². The first-order valence-corrected chi connectivity index (χ1v) is 11.3. The van der Waals surface area contributed by atoms with Crippen LogP contribution < -0.4 is 15.4 Å². The molecule has 4 rings (SSSR count). The number of carbonyl (C=O) groups excluding carboxylic acids is 2. The van der Waals surface area contributed by atoms with E-state index in [0.717, 1.165) is 23.3 Å². The molecule has 7 heteroatoms. The predicted molar refractivity (Wildman–Crippen MR) is 130 cm³/mol. The Morgan fingerprint density at radius 3 is 2.91 bits per heavy atom. The lowest BCUT2D eigenvalue weighted by atomic mass is 10.1. The molecular formula is C26H30N4O3. The van der Waals surface area contributed by atoms with E-state index in [0.29, 0.717) is 26.2 Å². The lowest BCUT2D eigenvalue weighted by molar-refractivity contribution is -0.133. The van der Waals surface area contributed by atoms with Crippen LogP contribution in [-0.2, 0) is 16.0 Å². The normalized spacial score (nSPS) is 16.8. The summed E-state index contributed by atoms with van der Waals surface area (Å²) in [5.74, 6) is 0.589. The minimum absolute atomic E-state index is 0.0984. The summed E-state index contributed by atoms with van der Waals surface area (Å²) < 4.78 is 5.38. The van der Waals surface area contributed by atoms with Gasteiger partial charge in [0.05, 0.1) is 19.6 Å². The Morgan fingerprint density at radius 1 is 1.21 bits per heavy atom. The van der Waals surface area contributed by atoms with Crippen molar-refractivity contribution in [3.05, 3.63) is 71.9 Å². The standard InChI is InChI=1S/C26H30N4O3/c1-33-24-11-5-2-7-19(24)8-6-15-30-16-14-28-26(32)23(30)17-25(31)27-13-12-20-18-29-22-10-4-3-9-21(20)22/h2-11,18,23,29H,12-17H2,1H3,(H,27,31)(H,28,32)/b8-6+. The van der Waals surface area contributed by atoms with E-state index in [1.54, 1.807) is 7.11 Å². The van der Waals surface area contributed by atoms with Gasteiger partial charge in [-0.3, -0.25) is 14.5 Å². The molecule has 2 aromatic carbocycles. The number of fused-ring (bicyclic) bond motifs is 1. The van der Waals surface area contributed by atoms with Crippen LogP contribution in [0.1, 0.15) is 17.5 Å². The van der Waals surface area contributed by atoms with Crippen LogP contribution in [0.3, 0.4) is 0 Å². The quantitative estimate of drug-likeness (QED) is 0.472. The molecule has 1 fully saturated rings. The summed E-state index contributed by atoms with van der Waals surface area (Å²) in [6.07, 6.45) is 6.86. The predicted octanol–water partition coefficient (Wildman–Crippen LogP) is 2.74. The lowest BCUT2D eigenvalue weighted by Gasteiger charge is -2.33. The number of aromatic amines is 1. The fourth-order valence-electron chi connectivity index (χ4n) is 4.24. The van der Waals surface area contributed by atoms with Gasteiger partial charge in [0.15, 0.2) is 0 Å². The van der Waals surface area contributed by atoms with Crippen LogP contribution in [0.5, 0.6) is 5.75 Å². The summed E-state index contributed by atoms with van der Waals surface area (Å²) in [6.45, 7) is 2.40. The fraction of sp³-hybridized carbons (Fsp3) is 0.308. The highest BCUT2D eigenvalue weighted by Crippen LogP contribution is 2.19. The van der Waals surface area contributed by atoms with Crippen molar-refractivity contribution in [1.82, 2.24) is 20.5 Å². The Bertz CT molecular complexity index is 1140. The summed E-state index contributed by atoms with van der Waals surface area (Å²) in [4.78, 5) is 30.4. The first-order chi connectivity index (χ1) is 16.2. The number of nitrogens with one attached hydrogen (secondary N) is 3. The van der Waals surface area contributed by atoms with Gasteiger partial charge in [0.1, 0.15) is 5.75 Å². The van der Waals surface area contributed by atoms with Crippen molar-refractivity contribution < 1.29 is 14.3 Å². The SMILES string of the molecule is COc1ccccc1/C=C/CN1CCNC(=O)C1CC(=O)NCCc1c[nH]c2ccccc12. The van der Waals surface area contributed by atoms with E-state index in [2.05, 4.69) is 21.7 Å². The molecule has 172 valence electrons. The van der Waals surface area contributed by atoms with E-state index < -0.39 is 6.04 Å². The highest BCUT2D eigenvalue weighted by atomic mass is 16.5. The van der Waals surface area contributed by atoms with E-state index >= 15 is 0 Å². The Kier molecular flexibility index (Phi) is 7.42. The van der Waals surface area contributed by atoms with E-state index in [1.807, 2.05) is 65.7 Å². The second-order valence-corrected chi connectivity index (χ2v) is 8.11. The number of para-hydroxylation sites is 2. The molecule has 2 heterocycles. The number of hydrogen-bond donors (Lipinski definition) is 3. The zero-order valence-electron chi connectivity index (χ0n) is 18.8. The van der Waals surface area contributed by atoms with Crippen molar-refractivity contribution >= 4 is 28.8 Å². The summed E-state index contributed by atoms with van der Waals surface area (Å²) in [6, 6.07) is 15.4. The molecule has 0 aliphatic carbocycles. The Hall–Kier alpha value is -3.58. The average molecular weight is 447 g/mol. The molecule has 0 bridgehead atoms. The molecule has 3 N–H and O–H groups in total. The molecule has 1 unspecified atom stereocenters. The number of amides is 2. The molecule has 7 nitrogen and oxygen atoms in total. The first kappa shape index (κ1) is 22.6. The minimum atomic E-state index is -0.478. The highest BCUT2D eigenvalue weighted by Gasteiger charge is 2.30. The average Bonchev–Trinajstić information content (AvgIpc) is 3.24. The van der Waals surface area contributed by atoms with Gasteiger partial charge >= 0.3 is 0 Å². The topological polar surface area (TPSA) is 86.5 Å². The molecule has 0 spiro atoms. The van der Waals surface area contributed by atoms with Crippen molar-refractivity contribution in [3.8, 4) is 5.75 Å². The van der Waals surface area contributed by atoms with E-state index in [1.165, 1.54) is 10.9 Å². The van der Waals surface area contributed by atoms with Crippen molar-refractivity contribution in [2.24, 2.45) is 0 Å². The van der Waals surface area contributed by atoms with Gasteiger partial charge in [-0.2, -0.15) is 0 Å². The fourth-order valence-corrected chi connectivity index (χ4v) is 4.24. The van der Waals surface area contributed by atoms with Gasteiger partial charge in [-0.1, -0.05) is 48.6 Å². The number of hydrogen-bond acceptors (Lipinski definition) is 4. The zero-order chi connectivity index (χ0) is 23.0. The lowest BCUT2D eigenvalue weighted by Crippen LogP contribution is -2.56. The third kappa shape index (κ3) is 5.62. The van der Waals surface area contributed by atoms with Gasteiger partial charge in [0.2, 0.25) is 11.8 Å². The second-order valence-electron chi connectivity index (χ2n) is 8.11. The summed E-state index contributed by atoms with van der Waals surface area (Å²) in [5, 5.41) is 7.03. The number of piperazine rings is 1. The number of ether oxygens (including phenoxy) is 1. The smallest absolute Gasteiger partial charge is 0.237 e. The summed E-state index contributed by atoms with van der Waals surface area (Å²) in [5.41, 5.74) is 3.24. The first-order valence-electron chi connectivity index (χ1n) is 11.3. The number of carbonyl (C=O) groups is 2. The van der Waals surface area contributed by atoms with E-state index in [4.69, 9.17) is 4.74 Å². The molecule has 33 heavy (non-hydrogen) atoms. The van der Waals surface area contributed by atoms with Gasteiger partial charge in [-0.05, 0) is 24.1 Å². The summed E-state index contributed by atoms with van der Waals surface area (Å²) >= 11 is 0. The third-order valence-corrected chi connectivity index (χ3v) is 5.99. The van der Waals surface area contributed by atoms with Crippen molar-refractivity contribution in [2.45, 2.75) is 18.9 Å². The molecule has 0 radical (unpaired) electrons. The molecule has 1 aromatic heterocycles. The van der Waals surface area contributed by atoms with Gasteiger partial charge in [0, 0.05) is 48.8 Å². The van der Waals surface area contributed by atoms with Gasteiger partial charge in [-0.25, -0.2) is 0 Å². The molecule has 2 amide bonds. The summed E-state index contributed by atoms with van der Waals surface area (Å²) in [7, 11) is 1.65. The van der Waals surface area contributed by atoms with Crippen LogP contribution >= 0.6 is 0 Å². The number of aromatic nitrogens is 1. The largest absolute Gasteiger partial charge is 0.496 e. The Labute approximate surface area is 193 Å². The van der Waals surface area contributed by atoms with Crippen LogP contribution in [0.2, 0.25) is 0 Å². The van der Waals surface area contributed by atoms with Crippen LogP contribution in [0, 0.1) is 0 Å². The number of benzene rings is 2. The van der Waals surface area contributed by atoms with Crippen molar-refractivity contribution in [2.75, 3.05) is 33.3 Å². The molecular weight excluding hydrogens is 416 g/mol. The van der Waals surface area contributed by atoms with E-state index in [9.17, 15) is 9.59 Å². The minimum Gasteiger partial charge on any atom is -0.496 e. The maximum absolute atomic E-state index is 12.6. The third-order valence-electron chi connectivity index (χ3n) is 5.99. The molecule has 3 aromatic rings.